The molecule has 0 fully saturated rings. The minimum atomic E-state index is -1.76. The predicted molar refractivity (Wildman–Crippen MR) is 84.7 cm³/mol. The molecule has 128 valence electrons. The van der Waals surface area contributed by atoms with Crippen molar-refractivity contribution in [2.24, 2.45) is 0 Å². The Hall–Kier alpha value is -2.16. The zero-order valence-corrected chi connectivity index (χ0v) is 14.0. The number of halogens is 5. The molecule has 2 aromatic rings. The largest absolute Gasteiger partial charge is 0.379 e. The van der Waals surface area contributed by atoms with Gasteiger partial charge in [-0.2, -0.15) is 22.5 Å². The van der Waals surface area contributed by atoms with Crippen molar-refractivity contribution in [2.45, 2.75) is 13.3 Å². The average Bonchev–Trinajstić information content (AvgIpc) is 2.52. The highest BCUT2D eigenvalue weighted by Gasteiger charge is 2.20. The Labute approximate surface area is 143 Å². The summed E-state index contributed by atoms with van der Waals surface area (Å²) in [5, 5.41) is 4.80. The summed E-state index contributed by atoms with van der Waals surface area (Å²) < 4.78 is 53.5. The summed E-state index contributed by atoms with van der Waals surface area (Å²) in [5.41, 5.74) is 0.411. The molecule has 0 spiro atoms. The van der Waals surface area contributed by atoms with E-state index in [-0.39, 0.29) is 13.0 Å². The third-order valence-corrected chi connectivity index (χ3v) is 3.62. The molecule has 1 aromatic heterocycles. The number of carbonyl (C=O) groups excluding carboxylic acids is 1. The quantitative estimate of drug-likeness (QED) is 0.580. The standard InChI is InChI=1S/C15H12BrF4N3O/c1-7-2-3-8(16)6-9(7)22-10(24)4-5-21-13-11(17)14(19)23-15(20)12(13)18/h2-3,6H,4-5H2,1H3,(H,21,23)(H,22,24). The maximum atomic E-state index is 13.4. The van der Waals surface area contributed by atoms with E-state index >= 15 is 0 Å². The molecule has 1 heterocycles. The van der Waals surface area contributed by atoms with Gasteiger partial charge in [0.15, 0.2) is 0 Å². The molecule has 0 saturated carbocycles. The summed E-state index contributed by atoms with van der Waals surface area (Å²) in [4.78, 5) is 14.3. The molecule has 0 radical (unpaired) electrons. The molecule has 0 aliphatic rings. The summed E-state index contributed by atoms with van der Waals surface area (Å²) in [7, 11) is 0. The van der Waals surface area contributed by atoms with E-state index in [1.165, 1.54) is 0 Å². The van der Waals surface area contributed by atoms with Gasteiger partial charge in [-0.05, 0) is 24.6 Å². The number of hydrogen-bond donors (Lipinski definition) is 2. The molecule has 0 aliphatic heterocycles. The van der Waals surface area contributed by atoms with Gasteiger partial charge in [0.25, 0.3) is 11.9 Å². The number of pyridine rings is 1. The van der Waals surface area contributed by atoms with E-state index in [9.17, 15) is 22.4 Å². The SMILES string of the molecule is Cc1ccc(Br)cc1NC(=O)CCNc1c(F)c(F)nc(F)c1F. The highest BCUT2D eigenvalue weighted by molar-refractivity contribution is 9.10. The highest BCUT2D eigenvalue weighted by Crippen LogP contribution is 2.22. The predicted octanol–water partition coefficient (Wildman–Crippen LogP) is 4.15. The van der Waals surface area contributed by atoms with Gasteiger partial charge < -0.3 is 10.6 Å². The van der Waals surface area contributed by atoms with Crippen molar-refractivity contribution in [3.63, 3.8) is 0 Å². The zero-order chi connectivity index (χ0) is 17.9. The van der Waals surface area contributed by atoms with Gasteiger partial charge in [0.2, 0.25) is 17.5 Å². The van der Waals surface area contributed by atoms with E-state index in [1.807, 2.05) is 6.07 Å². The molecule has 0 atom stereocenters. The average molecular weight is 406 g/mol. The third-order valence-electron chi connectivity index (χ3n) is 3.13. The van der Waals surface area contributed by atoms with Gasteiger partial charge in [-0.1, -0.05) is 22.0 Å². The maximum absolute atomic E-state index is 13.4. The Morgan fingerprint density at radius 1 is 1.17 bits per heavy atom. The molecule has 1 amide bonds. The summed E-state index contributed by atoms with van der Waals surface area (Å²) in [6, 6.07) is 5.31. The summed E-state index contributed by atoms with van der Waals surface area (Å²) in [6.07, 6.45) is -0.170. The number of amides is 1. The minimum Gasteiger partial charge on any atom is -0.379 e. The van der Waals surface area contributed by atoms with Crippen LogP contribution in [-0.4, -0.2) is 17.4 Å². The van der Waals surface area contributed by atoms with Gasteiger partial charge in [-0.3, -0.25) is 4.79 Å². The number of nitrogens with one attached hydrogen (secondary N) is 2. The van der Waals surface area contributed by atoms with Gasteiger partial charge in [0.05, 0.1) is 0 Å². The molecular weight excluding hydrogens is 394 g/mol. The first kappa shape index (κ1) is 18.2. The highest BCUT2D eigenvalue weighted by atomic mass is 79.9. The number of aromatic nitrogens is 1. The summed E-state index contributed by atoms with van der Waals surface area (Å²) in [5.74, 6) is -7.23. The van der Waals surface area contributed by atoms with Crippen LogP contribution in [0.25, 0.3) is 0 Å². The second kappa shape index (κ2) is 7.61. The van der Waals surface area contributed by atoms with Crippen molar-refractivity contribution in [1.82, 2.24) is 4.98 Å². The lowest BCUT2D eigenvalue weighted by Crippen LogP contribution is -2.18. The van der Waals surface area contributed by atoms with Crippen LogP contribution in [0.4, 0.5) is 28.9 Å². The lowest BCUT2D eigenvalue weighted by Gasteiger charge is -2.11. The summed E-state index contributed by atoms with van der Waals surface area (Å²) >= 11 is 3.27. The molecule has 0 aliphatic carbocycles. The minimum absolute atomic E-state index is 0.170. The molecule has 0 bridgehead atoms. The Morgan fingerprint density at radius 2 is 1.79 bits per heavy atom. The second-order valence-electron chi connectivity index (χ2n) is 4.88. The topological polar surface area (TPSA) is 54.0 Å². The fourth-order valence-electron chi connectivity index (χ4n) is 1.88. The number of hydrogen-bond acceptors (Lipinski definition) is 3. The van der Waals surface area contributed by atoms with Crippen LogP contribution in [0.2, 0.25) is 0 Å². The molecule has 2 rings (SSSR count). The van der Waals surface area contributed by atoms with Gasteiger partial charge in [0.1, 0.15) is 5.69 Å². The van der Waals surface area contributed by atoms with Crippen molar-refractivity contribution in [3.8, 4) is 0 Å². The normalized spacial score (nSPS) is 10.6. The number of anilines is 2. The number of carbonyl (C=O) groups is 1. The monoisotopic (exact) mass is 405 g/mol. The number of aryl methyl sites for hydroxylation is 1. The third kappa shape index (κ3) is 4.22. The fraction of sp³-hybridized carbons (Fsp3) is 0.200. The van der Waals surface area contributed by atoms with Crippen LogP contribution in [0.5, 0.6) is 0 Å². The first-order valence-electron chi connectivity index (χ1n) is 6.79. The van der Waals surface area contributed by atoms with Gasteiger partial charge in [-0.25, -0.2) is 0 Å². The van der Waals surface area contributed by atoms with Crippen molar-refractivity contribution < 1.29 is 22.4 Å². The van der Waals surface area contributed by atoms with Gasteiger partial charge in [0, 0.05) is 23.1 Å². The second-order valence-corrected chi connectivity index (χ2v) is 5.80. The molecule has 4 nitrogen and oxygen atoms in total. The van der Waals surface area contributed by atoms with E-state index in [0.29, 0.717) is 5.69 Å². The Bertz CT molecular complexity index is 760. The Morgan fingerprint density at radius 3 is 2.42 bits per heavy atom. The van der Waals surface area contributed by atoms with E-state index in [0.717, 1.165) is 10.0 Å². The van der Waals surface area contributed by atoms with E-state index in [1.54, 1.807) is 19.1 Å². The van der Waals surface area contributed by atoms with Crippen molar-refractivity contribution in [2.75, 3.05) is 17.2 Å². The number of nitrogens with zero attached hydrogens (tertiary/aromatic N) is 1. The number of benzene rings is 1. The van der Waals surface area contributed by atoms with E-state index in [4.69, 9.17) is 0 Å². The van der Waals surface area contributed by atoms with Crippen molar-refractivity contribution >= 4 is 33.2 Å². The Kier molecular flexibility index (Phi) is 5.76. The molecule has 2 N–H and O–H groups in total. The van der Waals surface area contributed by atoms with Crippen LogP contribution < -0.4 is 10.6 Å². The number of rotatable bonds is 5. The molecular formula is C15H12BrF4N3O. The fourth-order valence-corrected chi connectivity index (χ4v) is 2.25. The molecule has 24 heavy (non-hydrogen) atoms. The first-order valence-corrected chi connectivity index (χ1v) is 7.58. The lowest BCUT2D eigenvalue weighted by atomic mass is 10.2. The van der Waals surface area contributed by atoms with Crippen LogP contribution in [0.15, 0.2) is 22.7 Å². The van der Waals surface area contributed by atoms with Crippen LogP contribution >= 0.6 is 15.9 Å². The molecule has 0 saturated heterocycles. The van der Waals surface area contributed by atoms with Crippen LogP contribution in [0, 0.1) is 30.5 Å². The lowest BCUT2D eigenvalue weighted by molar-refractivity contribution is -0.115. The smallest absolute Gasteiger partial charge is 0.253 e. The van der Waals surface area contributed by atoms with Crippen molar-refractivity contribution in [1.29, 1.82) is 0 Å². The Balaban J connectivity index is 1.97. The van der Waals surface area contributed by atoms with Crippen molar-refractivity contribution in [3.05, 3.63) is 51.8 Å². The molecule has 0 unspecified atom stereocenters. The van der Waals surface area contributed by atoms with E-state index in [2.05, 4.69) is 31.5 Å². The van der Waals surface area contributed by atoms with Gasteiger partial charge >= 0.3 is 0 Å². The molecule has 1 aromatic carbocycles. The van der Waals surface area contributed by atoms with Crippen LogP contribution in [0.1, 0.15) is 12.0 Å². The summed E-state index contributed by atoms with van der Waals surface area (Å²) in [6.45, 7) is 1.57. The molecule has 9 heteroatoms. The zero-order valence-electron chi connectivity index (χ0n) is 12.4. The van der Waals surface area contributed by atoms with Gasteiger partial charge in [-0.15, -0.1) is 0 Å². The van der Waals surface area contributed by atoms with Crippen LogP contribution in [0.3, 0.4) is 0 Å². The van der Waals surface area contributed by atoms with E-state index < -0.39 is 35.1 Å². The van der Waals surface area contributed by atoms with Crippen LogP contribution in [-0.2, 0) is 4.79 Å². The first-order chi connectivity index (χ1) is 11.3. The maximum Gasteiger partial charge on any atom is 0.253 e.